The maximum absolute atomic E-state index is 13.0. The minimum Gasteiger partial charge on any atom is -0.463 e. The molecule has 0 fully saturated rings. The van der Waals surface area contributed by atoms with E-state index in [0.29, 0.717) is 41.7 Å². The lowest BCUT2D eigenvalue weighted by atomic mass is 10.0. The predicted molar refractivity (Wildman–Crippen MR) is 142 cm³/mol. The van der Waals surface area contributed by atoms with E-state index >= 15 is 0 Å². The van der Waals surface area contributed by atoms with Crippen molar-refractivity contribution in [3.63, 3.8) is 0 Å². The molecule has 10 heteroatoms. The number of aromatic nitrogens is 4. The Morgan fingerprint density at radius 2 is 1.30 bits per heavy atom. The summed E-state index contributed by atoms with van der Waals surface area (Å²) in [5.74, 6) is 10.8. The Morgan fingerprint density at radius 3 is 1.85 bits per heavy atom. The zero-order valence-electron chi connectivity index (χ0n) is 21.4. The molecule has 0 aliphatic carbocycles. The molecule has 40 heavy (non-hydrogen) atoms. The molecule has 0 saturated heterocycles. The molecule has 3 rings (SSSR count). The number of hydrogen-bond donors (Lipinski definition) is 0. The van der Waals surface area contributed by atoms with Gasteiger partial charge in [0.1, 0.15) is 12.1 Å². The Hall–Kier alpha value is -5.84. The average Bonchev–Trinajstić information content (AvgIpc) is 3.00. The highest BCUT2D eigenvalue weighted by molar-refractivity contribution is 5.93. The number of carbonyl (C=O) groups is 2. The summed E-state index contributed by atoms with van der Waals surface area (Å²) in [7, 11) is 0. The minimum absolute atomic E-state index is 0.193. The Bertz CT molecular complexity index is 1580. The van der Waals surface area contributed by atoms with E-state index in [2.05, 4.69) is 50.2 Å². The van der Waals surface area contributed by atoms with Crippen LogP contribution in [-0.4, -0.2) is 45.1 Å². The molecule has 0 unspecified atom stereocenters. The van der Waals surface area contributed by atoms with Gasteiger partial charge in [0.15, 0.2) is 0 Å². The lowest BCUT2D eigenvalue weighted by Gasteiger charge is -2.07. The molecular weight excluding hydrogens is 508 g/mol. The molecule has 3 aromatic rings. The van der Waals surface area contributed by atoms with E-state index < -0.39 is 11.9 Å². The Morgan fingerprint density at radius 1 is 0.750 bits per heavy atom. The summed E-state index contributed by atoms with van der Waals surface area (Å²) < 4.78 is 10.4. The van der Waals surface area contributed by atoms with Crippen molar-refractivity contribution in [1.82, 2.24) is 19.9 Å². The molecule has 0 aliphatic rings. The van der Waals surface area contributed by atoms with E-state index in [4.69, 9.17) is 20.0 Å². The highest BCUT2D eigenvalue weighted by atomic mass is 16.5. The first-order valence-corrected chi connectivity index (χ1v) is 12.1. The number of unbranched alkanes of at least 4 members (excludes halogenated alkanes) is 3. The van der Waals surface area contributed by atoms with Crippen LogP contribution < -0.4 is 0 Å². The van der Waals surface area contributed by atoms with Gasteiger partial charge in [-0.05, 0) is 55.7 Å². The molecular formula is C30H22N6O4. The van der Waals surface area contributed by atoms with Gasteiger partial charge in [-0.15, -0.1) is 0 Å². The van der Waals surface area contributed by atoms with Crippen LogP contribution in [0.2, 0.25) is 0 Å². The number of rotatable bonds is 9. The maximum atomic E-state index is 13.0. The van der Waals surface area contributed by atoms with Crippen LogP contribution in [0.5, 0.6) is 0 Å². The smallest absolute Gasteiger partial charge is 0.339 e. The normalized spacial score (nSPS) is 9.45. The first-order chi connectivity index (χ1) is 19.5. The second kappa shape index (κ2) is 15.4. The number of carbonyl (C=O) groups excluding carboxylic acids is 2. The molecule has 10 nitrogen and oxygen atoms in total. The predicted octanol–water partition coefficient (Wildman–Crippen LogP) is 3.26. The van der Waals surface area contributed by atoms with Crippen LogP contribution in [-0.2, 0) is 14.3 Å². The first kappa shape index (κ1) is 28.7. The van der Waals surface area contributed by atoms with Gasteiger partial charge in [0.05, 0.1) is 29.9 Å². The van der Waals surface area contributed by atoms with Crippen LogP contribution in [0.3, 0.4) is 0 Å². The molecule has 2 aromatic heterocycles. The minimum atomic E-state index is -0.566. The summed E-state index contributed by atoms with van der Waals surface area (Å²) in [5, 5.41) is 17.8. The van der Waals surface area contributed by atoms with Gasteiger partial charge in [-0.25, -0.2) is 29.5 Å². The quantitative estimate of drug-likeness (QED) is 0.174. The third-order valence-corrected chi connectivity index (χ3v) is 5.11. The van der Waals surface area contributed by atoms with Crippen molar-refractivity contribution in [2.75, 3.05) is 13.2 Å². The molecule has 1 aromatic carbocycles. The first-order valence-electron chi connectivity index (χ1n) is 12.1. The van der Waals surface area contributed by atoms with E-state index in [1.165, 1.54) is 24.8 Å². The third kappa shape index (κ3) is 9.23. The van der Waals surface area contributed by atoms with Gasteiger partial charge in [-0.3, -0.25) is 0 Å². The van der Waals surface area contributed by atoms with Gasteiger partial charge >= 0.3 is 11.9 Å². The molecule has 0 atom stereocenters. The SMILES string of the molecule is C=CC(=O)OCCCCCCOC(=O)c1cc(C#Cc2ncc(C#N)cn2)ccc1C#Cc1ncc(C#N)cn1. The highest BCUT2D eigenvalue weighted by Crippen LogP contribution is 2.14. The molecule has 0 radical (unpaired) electrons. The fourth-order valence-corrected chi connectivity index (χ4v) is 3.08. The van der Waals surface area contributed by atoms with E-state index in [9.17, 15) is 9.59 Å². The standard InChI is InChI=1S/C30H22N6O4/c1-2-29(37)39-13-5-3-4-6-14-40-30(38)26-15-22(8-11-27-33-18-23(16-31)19-34-27)7-9-25(26)10-12-28-35-20-24(17-32)21-36-28/h2,7,9,15,18-21H,1,3-6,13-14H2. The number of hydrogen-bond acceptors (Lipinski definition) is 10. The molecule has 0 aliphatic heterocycles. The second-order valence-electron chi connectivity index (χ2n) is 8.00. The van der Waals surface area contributed by atoms with E-state index in [1.54, 1.807) is 18.2 Å². The number of benzene rings is 1. The molecule has 0 bridgehead atoms. The topological polar surface area (TPSA) is 152 Å². The number of nitriles is 2. The molecule has 196 valence electrons. The Balaban J connectivity index is 1.71. The average molecular weight is 531 g/mol. The van der Waals surface area contributed by atoms with Gasteiger partial charge in [0, 0.05) is 42.0 Å². The van der Waals surface area contributed by atoms with Crippen LogP contribution in [0.1, 0.15) is 69.9 Å². The van der Waals surface area contributed by atoms with Gasteiger partial charge < -0.3 is 9.47 Å². The molecule has 0 spiro atoms. The molecule has 0 saturated carbocycles. The Kier molecular flexibility index (Phi) is 11.1. The maximum Gasteiger partial charge on any atom is 0.339 e. The highest BCUT2D eigenvalue weighted by Gasteiger charge is 2.13. The largest absolute Gasteiger partial charge is 0.463 e. The van der Waals surface area contributed by atoms with Gasteiger partial charge in [0.2, 0.25) is 11.6 Å². The van der Waals surface area contributed by atoms with Crippen LogP contribution in [0.4, 0.5) is 0 Å². The van der Waals surface area contributed by atoms with Crippen molar-refractivity contribution in [3.05, 3.63) is 95.1 Å². The fourth-order valence-electron chi connectivity index (χ4n) is 3.08. The third-order valence-electron chi connectivity index (χ3n) is 5.11. The van der Waals surface area contributed by atoms with Crippen molar-refractivity contribution >= 4 is 11.9 Å². The second-order valence-corrected chi connectivity index (χ2v) is 8.00. The summed E-state index contributed by atoms with van der Waals surface area (Å²) >= 11 is 0. The summed E-state index contributed by atoms with van der Waals surface area (Å²) in [4.78, 5) is 40.1. The summed E-state index contributed by atoms with van der Waals surface area (Å²) in [5.41, 5.74) is 1.74. The van der Waals surface area contributed by atoms with Crippen molar-refractivity contribution in [1.29, 1.82) is 10.5 Å². The van der Waals surface area contributed by atoms with E-state index in [1.807, 2.05) is 12.1 Å². The zero-order valence-corrected chi connectivity index (χ0v) is 21.4. The van der Waals surface area contributed by atoms with Gasteiger partial charge in [0.25, 0.3) is 0 Å². The van der Waals surface area contributed by atoms with Crippen molar-refractivity contribution in [2.24, 2.45) is 0 Å². The lowest BCUT2D eigenvalue weighted by molar-refractivity contribution is -0.137. The van der Waals surface area contributed by atoms with Crippen LogP contribution >= 0.6 is 0 Å². The van der Waals surface area contributed by atoms with E-state index in [-0.39, 0.29) is 23.8 Å². The summed E-state index contributed by atoms with van der Waals surface area (Å²) in [6, 6.07) is 8.78. The molecule has 2 heterocycles. The number of esters is 2. The van der Waals surface area contributed by atoms with E-state index in [0.717, 1.165) is 18.9 Å². The van der Waals surface area contributed by atoms with Crippen LogP contribution in [0.25, 0.3) is 0 Å². The molecule has 0 amide bonds. The van der Waals surface area contributed by atoms with Crippen molar-refractivity contribution in [2.45, 2.75) is 25.7 Å². The van der Waals surface area contributed by atoms with Crippen molar-refractivity contribution < 1.29 is 19.1 Å². The van der Waals surface area contributed by atoms with Crippen LogP contribution in [0.15, 0.2) is 55.6 Å². The summed E-state index contributed by atoms with van der Waals surface area (Å²) in [6.45, 7) is 3.86. The Labute approximate surface area is 231 Å². The van der Waals surface area contributed by atoms with Crippen molar-refractivity contribution in [3.8, 4) is 35.8 Å². The van der Waals surface area contributed by atoms with Crippen LogP contribution in [0, 0.1) is 46.3 Å². The summed E-state index contributed by atoms with van der Waals surface area (Å²) in [6.07, 6.45) is 9.53. The zero-order chi connectivity index (χ0) is 28.6. The number of nitrogens with zero attached hydrogens (tertiary/aromatic N) is 6. The fraction of sp³-hybridized carbons (Fsp3) is 0.200. The van der Waals surface area contributed by atoms with Gasteiger partial charge in [-0.2, -0.15) is 10.5 Å². The lowest BCUT2D eigenvalue weighted by Crippen LogP contribution is -2.09. The molecule has 0 N–H and O–H groups in total. The monoisotopic (exact) mass is 530 g/mol. The van der Waals surface area contributed by atoms with Gasteiger partial charge in [-0.1, -0.05) is 18.4 Å². The number of ether oxygens (including phenoxy) is 2.